The van der Waals surface area contributed by atoms with Crippen molar-refractivity contribution in [3.63, 3.8) is 0 Å². The molecule has 0 spiro atoms. The molecule has 2 rings (SSSR count). The summed E-state index contributed by atoms with van der Waals surface area (Å²) < 4.78 is 0. The summed E-state index contributed by atoms with van der Waals surface area (Å²) in [7, 11) is 0. The number of hydrogen-bond acceptors (Lipinski definition) is 4. The fourth-order valence-corrected chi connectivity index (χ4v) is 1.99. The first-order valence-corrected chi connectivity index (χ1v) is 5.74. The molecule has 0 bridgehead atoms. The average Bonchev–Trinajstić information content (AvgIpc) is 2.40. The van der Waals surface area contributed by atoms with Gasteiger partial charge in [-0.1, -0.05) is 0 Å². The molecule has 7 nitrogen and oxygen atoms in total. The third-order valence-electron chi connectivity index (χ3n) is 2.86. The first-order valence-electron chi connectivity index (χ1n) is 5.74. The van der Waals surface area contributed by atoms with Crippen molar-refractivity contribution < 1.29 is 14.7 Å². The number of likely N-dealkylation sites (tertiary alicyclic amines) is 1. The fourth-order valence-electron chi connectivity index (χ4n) is 1.99. The van der Waals surface area contributed by atoms with Crippen LogP contribution in [0.4, 0.5) is 10.5 Å². The number of piperidine rings is 1. The Bertz CT molecular complexity index is 437. The number of carbonyl (C=O) groups excluding carboxylic acids is 1. The van der Waals surface area contributed by atoms with E-state index in [1.807, 2.05) is 0 Å². The van der Waals surface area contributed by atoms with Crippen molar-refractivity contribution >= 4 is 17.7 Å². The van der Waals surface area contributed by atoms with Gasteiger partial charge in [-0.15, -0.1) is 0 Å². The highest BCUT2D eigenvalue weighted by molar-refractivity contribution is 5.92. The molecule has 0 aliphatic carbocycles. The molecule has 1 aliphatic rings. The third-order valence-corrected chi connectivity index (χ3v) is 2.86. The molecule has 1 saturated heterocycles. The van der Waals surface area contributed by atoms with Crippen molar-refractivity contribution in [1.82, 2.24) is 14.9 Å². The monoisotopic (exact) mass is 250 g/mol. The smallest absolute Gasteiger partial charge is 0.326 e. The maximum Gasteiger partial charge on any atom is 0.326 e. The molecular weight excluding hydrogens is 236 g/mol. The first kappa shape index (κ1) is 12.3. The van der Waals surface area contributed by atoms with E-state index in [0.29, 0.717) is 18.7 Å². The molecule has 96 valence electrons. The van der Waals surface area contributed by atoms with Crippen LogP contribution in [-0.2, 0) is 4.79 Å². The highest BCUT2D eigenvalue weighted by atomic mass is 16.4. The molecule has 0 saturated carbocycles. The van der Waals surface area contributed by atoms with Gasteiger partial charge in [0.2, 0.25) is 0 Å². The summed E-state index contributed by atoms with van der Waals surface area (Å²) in [5.74, 6) is -0.964. The van der Waals surface area contributed by atoms with Crippen LogP contribution < -0.4 is 5.32 Å². The van der Waals surface area contributed by atoms with E-state index in [9.17, 15) is 9.59 Å². The Morgan fingerprint density at radius 3 is 2.72 bits per heavy atom. The lowest BCUT2D eigenvalue weighted by atomic mass is 10.0. The van der Waals surface area contributed by atoms with Crippen LogP contribution in [0.15, 0.2) is 18.7 Å². The van der Waals surface area contributed by atoms with Crippen molar-refractivity contribution in [1.29, 1.82) is 0 Å². The number of nitrogens with zero attached hydrogens (tertiary/aromatic N) is 3. The molecule has 0 aromatic carbocycles. The standard InChI is InChI=1S/C11H14N4O3/c16-10(17)9-3-1-2-4-15(9)11(18)14-8-5-12-7-13-6-8/h5-7,9H,1-4H2,(H,14,18)(H,16,17). The highest BCUT2D eigenvalue weighted by Gasteiger charge is 2.31. The van der Waals surface area contributed by atoms with E-state index in [0.717, 1.165) is 12.8 Å². The van der Waals surface area contributed by atoms with Gasteiger partial charge in [-0.05, 0) is 19.3 Å². The average molecular weight is 250 g/mol. The zero-order valence-electron chi connectivity index (χ0n) is 9.74. The van der Waals surface area contributed by atoms with Gasteiger partial charge in [-0.3, -0.25) is 0 Å². The van der Waals surface area contributed by atoms with Crippen molar-refractivity contribution in [3.05, 3.63) is 18.7 Å². The first-order chi connectivity index (χ1) is 8.68. The molecule has 1 aliphatic heterocycles. The molecule has 1 atom stereocenters. The Labute approximate surface area is 104 Å². The van der Waals surface area contributed by atoms with E-state index >= 15 is 0 Å². The Morgan fingerprint density at radius 1 is 1.33 bits per heavy atom. The molecule has 2 N–H and O–H groups in total. The summed E-state index contributed by atoms with van der Waals surface area (Å²) in [4.78, 5) is 32.0. The molecule has 7 heteroatoms. The number of amides is 2. The Kier molecular flexibility index (Phi) is 3.71. The number of carboxylic acids is 1. The molecule has 1 aromatic rings. The van der Waals surface area contributed by atoms with Crippen molar-refractivity contribution in [3.8, 4) is 0 Å². The zero-order chi connectivity index (χ0) is 13.0. The maximum absolute atomic E-state index is 12.0. The number of rotatable bonds is 2. The van der Waals surface area contributed by atoms with Gasteiger partial charge in [-0.2, -0.15) is 0 Å². The van der Waals surface area contributed by atoms with Gasteiger partial charge in [0.25, 0.3) is 0 Å². The minimum Gasteiger partial charge on any atom is -0.480 e. The lowest BCUT2D eigenvalue weighted by molar-refractivity contribution is -0.143. The van der Waals surface area contributed by atoms with E-state index in [2.05, 4.69) is 15.3 Å². The normalized spacial score (nSPS) is 19.3. The predicted molar refractivity (Wildman–Crippen MR) is 63.0 cm³/mol. The molecule has 2 heterocycles. The lowest BCUT2D eigenvalue weighted by Gasteiger charge is -2.32. The fraction of sp³-hybridized carbons (Fsp3) is 0.455. The second-order valence-electron chi connectivity index (χ2n) is 4.10. The van der Waals surface area contributed by atoms with Gasteiger partial charge in [0.15, 0.2) is 0 Å². The van der Waals surface area contributed by atoms with Crippen LogP contribution in [0.2, 0.25) is 0 Å². The molecule has 18 heavy (non-hydrogen) atoms. The van der Waals surface area contributed by atoms with Crippen LogP contribution in [0.5, 0.6) is 0 Å². The van der Waals surface area contributed by atoms with E-state index in [1.165, 1.54) is 23.6 Å². The maximum atomic E-state index is 12.0. The van der Waals surface area contributed by atoms with E-state index < -0.39 is 18.0 Å². The Balaban J connectivity index is 2.05. The van der Waals surface area contributed by atoms with Gasteiger partial charge in [-0.25, -0.2) is 19.6 Å². The topological polar surface area (TPSA) is 95.4 Å². The summed E-state index contributed by atoms with van der Waals surface area (Å²) in [6.45, 7) is 0.455. The second kappa shape index (κ2) is 5.44. The van der Waals surface area contributed by atoms with E-state index in [1.54, 1.807) is 0 Å². The number of urea groups is 1. The summed E-state index contributed by atoms with van der Waals surface area (Å²) in [6, 6.07) is -1.17. The van der Waals surface area contributed by atoms with Gasteiger partial charge in [0.05, 0.1) is 18.1 Å². The number of carboxylic acid groups (broad SMARTS) is 1. The van der Waals surface area contributed by atoms with Crippen molar-refractivity contribution in [2.75, 3.05) is 11.9 Å². The third kappa shape index (κ3) is 2.73. The van der Waals surface area contributed by atoms with Crippen molar-refractivity contribution in [2.24, 2.45) is 0 Å². The predicted octanol–water partition coefficient (Wildman–Crippen LogP) is 0.948. The van der Waals surface area contributed by atoms with E-state index in [-0.39, 0.29) is 0 Å². The van der Waals surface area contributed by atoms with Crippen LogP contribution in [-0.4, -0.2) is 44.6 Å². The number of nitrogens with one attached hydrogen (secondary N) is 1. The van der Waals surface area contributed by atoms with Gasteiger partial charge < -0.3 is 15.3 Å². The molecule has 2 amide bonds. The van der Waals surface area contributed by atoms with Crippen molar-refractivity contribution in [2.45, 2.75) is 25.3 Å². The van der Waals surface area contributed by atoms with Gasteiger partial charge >= 0.3 is 12.0 Å². The summed E-state index contributed by atoms with van der Waals surface area (Å²) >= 11 is 0. The van der Waals surface area contributed by atoms with E-state index in [4.69, 9.17) is 5.11 Å². The molecule has 1 unspecified atom stereocenters. The largest absolute Gasteiger partial charge is 0.480 e. The Morgan fingerprint density at radius 2 is 2.06 bits per heavy atom. The SMILES string of the molecule is O=C(O)C1CCCCN1C(=O)Nc1cncnc1. The summed E-state index contributed by atoms with van der Waals surface area (Å²) in [5, 5.41) is 11.7. The molecular formula is C11H14N4O3. The van der Waals surface area contributed by atoms with Gasteiger partial charge in [0.1, 0.15) is 12.4 Å². The minimum atomic E-state index is -0.964. The molecule has 0 radical (unpaired) electrons. The summed E-state index contributed by atoms with van der Waals surface area (Å²) in [6.07, 6.45) is 6.43. The number of hydrogen-bond donors (Lipinski definition) is 2. The van der Waals surface area contributed by atoms with Crippen LogP contribution in [0.3, 0.4) is 0 Å². The number of aromatic nitrogens is 2. The lowest BCUT2D eigenvalue weighted by Crippen LogP contribution is -2.49. The second-order valence-corrected chi connectivity index (χ2v) is 4.10. The van der Waals surface area contributed by atoms with Crippen LogP contribution >= 0.6 is 0 Å². The number of carbonyl (C=O) groups is 2. The van der Waals surface area contributed by atoms with Crippen LogP contribution in [0, 0.1) is 0 Å². The Hall–Kier alpha value is -2.18. The highest BCUT2D eigenvalue weighted by Crippen LogP contribution is 2.18. The quantitative estimate of drug-likeness (QED) is 0.814. The number of aliphatic carboxylic acids is 1. The van der Waals surface area contributed by atoms with Crippen LogP contribution in [0.1, 0.15) is 19.3 Å². The summed E-state index contributed by atoms with van der Waals surface area (Å²) in [5.41, 5.74) is 0.456. The minimum absolute atomic E-state index is 0.420. The molecule has 1 fully saturated rings. The molecule has 1 aromatic heterocycles. The van der Waals surface area contributed by atoms with Gasteiger partial charge in [0, 0.05) is 6.54 Å². The van der Waals surface area contributed by atoms with Crippen LogP contribution in [0.25, 0.3) is 0 Å². The number of anilines is 1. The zero-order valence-corrected chi connectivity index (χ0v) is 9.74.